The van der Waals surface area contributed by atoms with E-state index in [0.29, 0.717) is 11.3 Å². The Morgan fingerprint density at radius 1 is 1.07 bits per heavy atom. The molecule has 0 aliphatic heterocycles. The van der Waals surface area contributed by atoms with E-state index in [-0.39, 0.29) is 24.1 Å². The van der Waals surface area contributed by atoms with E-state index >= 15 is 0 Å². The molecule has 0 saturated carbocycles. The van der Waals surface area contributed by atoms with Gasteiger partial charge in [-0.1, -0.05) is 24.3 Å². The van der Waals surface area contributed by atoms with Crippen molar-refractivity contribution in [3.63, 3.8) is 0 Å². The monoisotopic (exact) mass is 409 g/mol. The molecule has 29 heavy (non-hydrogen) atoms. The van der Waals surface area contributed by atoms with Crippen molar-refractivity contribution in [2.24, 2.45) is 0 Å². The van der Waals surface area contributed by atoms with Crippen LogP contribution in [0.1, 0.15) is 15.2 Å². The van der Waals surface area contributed by atoms with Crippen molar-refractivity contribution in [2.75, 3.05) is 20.7 Å². The molecule has 148 valence electrons. The summed E-state index contributed by atoms with van der Waals surface area (Å²) in [6.07, 6.45) is 3.26. The smallest absolute Gasteiger partial charge is 0.259 e. The Labute approximate surface area is 172 Å². The van der Waals surface area contributed by atoms with Gasteiger partial charge >= 0.3 is 0 Å². The molecular weight excluding hydrogens is 389 g/mol. The van der Waals surface area contributed by atoms with Gasteiger partial charge in [0, 0.05) is 29.4 Å². The number of carbonyl (C=O) groups is 2. The van der Waals surface area contributed by atoms with Gasteiger partial charge in [-0.05, 0) is 54.1 Å². The number of thiophene rings is 1. The van der Waals surface area contributed by atoms with Crippen LogP contribution in [0, 0.1) is 5.82 Å². The molecule has 0 N–H and O–H groups in total. The van der Waals surface area contributed by atoms with E-state index in [9.17, 15) is 14.0 Å². The molecule has 0 atom stereocenters. The number of hydrogen-bond donors (Lipinski definition) is 0. The molecule has 3 rings (SSSR count). The Hall–Kier alpha value is -3.25. The zero-order valence-corrected chi connectivity index (χ0v) is 16.9. The first-order valence-electron chi connectivity index (χ1n) is 8.93. The highest BCUT2D eigenvalue weighted by atomic mass is 32.1. The molecule has 1 amide bonds. The lowest BCUT2D eigenvalue weighted by molar-refractivity contribution is -0.130. The molecule has 1 aromatic heterocycles. The van der Waals surface area contributed by atoms with Crippen molar-refractivity contribution in [1.82, 2.24) is 4.90 Å². The van der Waals surface area contributed by atoms with Gasteiger partial charge in [0.1, 0.15) is 11.6 Å². The second-order valence-corrected chi connectivity index (χ2v) is 7.63. The molecule has 0 saturated heterocycles. The predicted molar refractivity (Wildman–Crippen MR) is 114 cm³/mol. The van der Waals surface area contributed by atoms with Gasteiger partial charge in [0.25, 0.3) is 5.91 Å². The van der Waals surface area contributed by atoms with E-state index in [1.165, 1.54) is 34.4 Å². The molecule has 0 aliphatic carbocycles. The van der Waals surface area contributed by atoms with Crippen LogP contribution in [0.5, 0.6) is 5.75 Å². The van der Waals surface area contributed by atoms with Gasteiger partial charge in [-0.2, -0.15) is 0 Å². The topological polar surface area (TPSA) is 46.6 Å². The zero-order valence-electron chi connectivity index (χ0n) is 16.1. The number of ketones is 1. The predicted octanol–water partition coefficient (Wildman–Crippen LogP) is 4.92. The number of carbonyl (C=O) groups excluding carboxylic acids is 2. The average molecular weight is 409 g/mol. The summed E-state index contributed by atoms with van der Waals surface area (Å²) in [4.78, 5) is 27.5. The fraction of sp³-hybridized carbons (Fsp3) is 0.130. The molecule has 0 aliphatic rings. The quantitative estimate of drug-likeness (QED) is 0.411. The third-order valence-electron chi connectivity index (χ3n) is 4.13. The third-order valence-corrected chi connectivity index (χ3v) is 5.23. The molecule has 3 aromatic rings. The van der Waals surface area contributed by atoms with Gasteiger partial charge in [0.05, 0.1) is 0 Å². The van der Waals surface area contributed by atoms with Crippen molar-refractivity contribution in [3.05, 3.63) is 83.0 Å². The summed E-state index contributed by atoms with van der Waals surface area (Å²) in [6.45, 7) is -0.0815. The number of rotatable bonds is 7. The maximum atomic E-state index is 13.1. The van der Waals surface area contributed by atoms with Crippen molar-refractivity contribution in [1.29, 1.82) is 0 Å². The van der Waals surface area contributed by atoms with E-state index in [1.54, 1.807) is 56.6 Å². The Morgan fingerprint density at radius 2 is 1.83 bits per heavy atom. The SMILES string of the molecule is CN(C)C(=O)COc1cccc(C(=O)C=Cc2ccc(-c3ccc(F)cc3)s2)c1. The normalized spacial score (nSPS) is 10.9. The zero-order chi connectivity index (χ0) is 20.8. The van der Waals surface area contributed by atoms with Crippen LogP contribution in [0.3, 0.4) is 0 Å². The number of nitrogens with zero attached hydrogens (tertiary/aromatic N) is 1. The molecule has 0 unspecified atom stereocenters. The number of hydrogen-bond acceptors (Lipinski definition) is 4. The summed E-state index contributed by atoms with van der Waals surface area (Å²) in [6, 6.07) is 16.9. The number of halogens is 1. The molecule has 4 nitrogen and oxygen atoms in total. The highest BCUT2D eigenvalue weighted by molar-refractivity contribution is 7.16. The molecular formula is C23H20FNO3S. The van der Waals surface area contributed by atoms with Gasteiger partial charge in [0.2, 0.25) is 0 Å². The number of ether oxygens (including phenoxy) is 1. The number of likely N-dealkylation sites (N-methyl/N-ethyl adjacent to an activating group) is 1. The molecule has 1 heterocycles. The van der Waals surface area contributed by atoms with E-state index in [1.807, 2.05) is 12.1 Å². The van der Waals surface area contributed by atoms with Crippen LogP contribution in [-0.4, -0.2) is 37.3 Å². The molecule has 0 bridgehead atoms. The lowest BCUT2D eigenvalue weighted by Gasteiger charge is -2.11. The summed E-state index contributed by atoms with van der Waals surface area (Å²) in [5, 5.41) is 0. The van der Waals surface area contributed by atoms with E-state index in [2.05, 4.69) is 0 Å². The van der Waals surface area contributed by atoms with Crippen molar-refractivity contribution in [2.45, 2.75) is 0 Å². The third kappa shape index (κ3) is 5.62. The van der Waals surface area contributed by atoms with E-state index < -0.39 is 0 Å². The van der Waals surface area contributed by atoms with Gasteiger partial charge in [-0.3, -0.25) is 9.59 Å². The van der Waals surface area contributed by atoms with Crippen LogP contribution >= 0.6 is 11.3 Å². The van der Waals surface area contributed by atoms with E-state index in [4.69, 9.17) is 4.74 Å². The summed E-state index contributed by atoms with van der Waals surface area (Å²) >= 11 is 1.52. The molecule has 0 radical (unpaired) electrons. The minimum absolute atomic E-state index is 0.0815. The molecule has 6 heteroatoms. The van der Waals surface area contributed by atoms with Gasteiger partial charge in [-0.15, -0.1) is 11.3 Å². The fourth-order valence-corrected chi connectivity index (χ4v) is 3.40. The Bertz CT molecular complexity index is 1040. The first kappa shape index (κ1) is 20.5. The molecule has 2 aromatic carbocycles. The van der Waals surface area contributed by atoms with Gasteiger partial charge < -0.3 is 9.64 Å². The van der Waals surface area contributed by atoms with Crippen LogP contribution in [0.2, 0.25) is 0 Å². The standard InChI is InChI=1S/C23H20FNO3S/c1-25(2)23(27)15-28-19-5-3-4-17(14-19)21(26)12-10-20-11-13-22(29-20)16-6-8-18(24)9-7-16/h3-14H,15H2,1-2H3. The second-order valence-electron chi connectivity index (χ2n) is 6.51. The summed E-state index contributed by atoms with van der Waals surface area (Å²) in [5.41, 5.74) is 1.41. The number of benzene rings is 2. The van der Waals surface area contributed by atoms with Crippen molar-refractivity contribution in [3.8, 4) is 16.2 Å². The minimum atomic E-state index is -0.270. The average Bonchev–Trinajstić information content (AvgIpc) is 3.20. The van der Waals surface area contributed by atoms with Crippen LogP contribution < -0.4 is 4.74 Å². The maximum Gasteiger partial charge on any atom is 0.259 e. The van der Waals surface area contributed by atoms with Gasteiger partial charge in [-0.25, -0.2) is 4.39 Å². The Kier molecular flexibility index (Phi) is 6.57. The van der Waals surface area contributed by atoms with Crippen molar-refractivity contribution >= 4 is 29.1 Å². The molecule has 0 spiro atoms. The summed E-state index contributed by atoms with van der Waals surface area (Å²) in [7, 11) is 3.31. The first-order valence-corrected chi connectivity index (χ1v) is 9.75. The summed E-state index contributed by atoms with van der Waals surface area (Å²) < 4.78 is 18.5. The molecule has 0 fully saturated rings. The maximum absolute atomic E-state index is 13.1. The van der Waals surface area contributed by atoms with Crippen LogP contribution in [-0.2, 0) is 4.79 Å². The Balaban J connectivity index is 1.66. The van der Waals surface area contributed by atoms with Crippen molar-refractivity contribution < 1.29 is 18.7 Å². The van der Waals surface area contributed by atoms with E-state index in [0.717, 1.165) is 15.3 Å². The fourth-order valence-electron chi connectivity index (χ4n) is 2.48. The Morgan fingerprint density at radius 3 is 2.55 bits per heavy atom. The number of amides is 1. The van der Waals surface area contributed by atoms with Crippen LogP contribution in [0.25, 0.3) is 16.5 Å². The van der Waals surface area contributed by atoms with Crippen LogP contribution in [0.4, 0.5) is 4.39 Å². The van der Waals surface area contributed by atoms with Gasteiger partial charge in [0.15, 0.2) is 12.4 Å². The largest absolute Gasteiger partial charge is 0.484 e. The van der Waals surface area contributed by atoms with Crippen LogP contribution in [0.15, 0.2) is 66.7 Å². The second kappa shape index (κ2) is 9.30. The first-order chi connectivity index (χ1) is 13.9. The minimum Gasteiger partial charge on any atom is -0.484 e. The number of allylic oxidation sites excluding steroid dienone is 1. The lowest BCUT2D eigenvalue weighted by Crippen LogP contribution is -2.27. The lowest BCUT2D eigenvalue weighted by atomic mass is 10.1. The highest BCUT2D eigenvalue weighted by Crippen LogP contribution is 2.29. The summed E-state index contributed by atoms with van der Waals surface area (Å²) in [5.74, 6) is -0.120. The highest BCUT2D eigenvalue weighted by Gasteiger charge is 2.08.